The zero-order valence-corrected chi connectivity index (χ0v) is 15.8. The average Bonchev–Trinajstić information content (AvgIpc) is 3.05. The molecule has 1 aromatic rings. The molecule has 2 fully saturated rings. The minimum Gasteiger partial charge on any atom is -0.480 e. The molecule has 4 N–H and O–H groups in total. The number of ether oxygens (including phenoxy) is 1. The second-order valence-electron chi connectivity index (χ2n) is 7.50. The number of carbonyl (C=O) groups is 3. The monoisotopic (exact) mass is 390 g/mol. The minimum absolute atomic E-state index is 0.0473. The summed E-state index contributed by atoms with van der Waals surface area (Å²) in [4.78, 5) is 39.7. The van der Waals surface area contributed by atoms with Gasteiger partial charge in [-0.15, -0.1) is 0 Å². The van der Waals surface area contributed by atoms with E-state index >= 15 is 0 Å². The lowest BCUT2D eigenvalue weighted by Gasteiger charge is -2.31. The number of anilines is 1. The first-order chi connectivity index (χ1) is 13.4. The molecule has 2 heterocycles. The van der Waals surface area contributed by atoms with Gasteiger partial charge in [-0.2, -0.15) is 0 Å². The fourth-order valence-corrected chi connectivity index (χ4v) is 3.75. The Morgan fingerprint density at radius 3 is 2.68 bits per heavy atom. The standard InChI is InChI=1S/C19H26N4O5/c1-11-2-4-12(5-3-11)16(23-19(26)27)18(25)22-15-10-13(6-8-20-15)28-14-7-9-21-17(14)24/h6,8,10-12,14,16,23H,2-5,7,9H2,1H3,(H,21,24)(H,26,27)(H,20,22,25)/t11?,12?,14?,16-/m0/s1. The van der Waals surface area contributed by atoms with Crippen molar-refractivity contribution in [3.05, 3.63) is 18.3 Å². The Morgan fingerprint density at radius 1 is 1.29 bits per heavy atom. The van der Waals surface area contributed by atoms with E-state index in [2.05, 4.69) is 27.9 Å². The van der Waals surface area contributed by atoms with Crippen molar-refractivity contribution in [1.29, 1.82) is 0 Å². The third kappa shape index (κ3) is 5.11. The Hall–Kier alpha value is -2.84. The Morgan fingerprint density at radius 2 is 2.04 bits per heavy atom. The van der Waals surface area contributed by atoms with Gasteiger partial charge < -0.3 is 25.8 Å². The molecule has 1 saturated heterocycles. The van der Waals surface area contributed by atoms with Crippen LogP contribution < -0.4 is 20.7 Å². The summed E-state index contributed by atoms with van der Waals surface area (Å²) in [5.74, 6) is 0.607. The van der Waals surface area contributed by atoms with Crippen molar-refractivity contribution >= 4 is 23.7 Å². The molecule has 1 aliphatic heterocycles. The molecule has 1 saturated carbocycles. The van der Waals surface area contributed by atoms with Crippen LogP contribution in [0.25, 0.3) is 0 Å². The zero-order chi connectivity index (χ0) is 20.1. The van der Waals surface area contributed by atoms with Crippen LogP contribution in [0.2, 0.25) is 0 Å². The second kappa shape index (κ2) is 8.90. The maximum Gasteiger partial charge on any atom is 0.405 e. The summed E-state index contributed by atoms with van der Waals surface area (Å²) in [6.07, 6.45) is 3.81. The number of hydrogen-bond acceptors (Lipinski definition) is 5. The van der Waals surface area contributed by atoms with E-state index in [1.54, 1.807) is 6.07 Å². The molecule has 0 aromatic carbocycles. The molecular formula is C19H26N4O5. The van der Waals surface area contributed by atoms with Gasteiger partial charge >= 0.3 is 6.09 Å². The highest BCUT2D eigenvalue weighted by Gasteiger charge is 2.33. The number of aromatic nitrogens is 1. The van der Waals surface area contributed by atoms with E-state index in [4.69, 9.17) is 9.84 Å². The Bertz CT molecular complexity index is 733. The smallest absolute Gasteiger partial charge is 0.405 e. The molecule has 1 aliphatic carbocycles. The fraction of sp³-hybridized carbons (Fsp3) is 0.579. The van der Waals surface area contributed by atoms with Crippen molar-refractivity contribution in [2.24, 2.45) is 11.8 Å². The highest BCUT2D eigenvalue weighted by atomic mass is 16.5. The number of rotatable bonds is 6. The van der Waals surface area contributed by atoms with Gasteiger partial charge in [-0.05, 0) is 30.7 Å². The molecule has 28 heavy (non-hydrogen) atoms. The van der Waals surface area contributed by atoms with Gasteiger partial charge in [-0.3, -0.25) is 9.59 Å². The summed E-state index contributed by atoms with van der Waals surface area (Å²) in [5, 5.41) is 16.9. The molecule has 9 heteroatoms. The van der Waals surface area contributed by atoms with E-state index in [1.165, 1.54) is 12.3 Å². The molecule has 2 atom stereocenters. The summed E-state index contributed by atoms with van der Waals surface area (Å²) < 4.78 is 5.65. The third-order valence-electron chi connectivity index (χ3n) is 5.35. The second-order valence-corrected chi connectivity index (χ2v) is 7.50. The molecule has 152 valence electrons. The molecule has 3 rings (SSSR count). The number of carbonyl (C=O) groups excluding carboxylic acids is 2. The molecule has 9 nitrogen and oxygen atoms in total. The summed E-state index contributed by atoms with van der Waals surface area (Å²) >= 11 is 0. The molecular weight excluding hydrogens is 364 g/mol. The first-order valence-electron chi connectivity index (χ1n) is 9.63. The number of amides is 3. The lowest BCUT2D eigenvalue weighted by molar-refractivity contribution is -0.125. The molecule has 0 spiro atoms. The van der Waals surface area contributed by atoms with Crippen molar-refractivity contribution < 1.29 is 24.2 Å². The lowest BCUT2D eigenvalue weighted by Crippen LogP contribution is -2.49. The molecule has 1 aromatic heterocycles. The summed E-state index contributed by atoms with van der Waals surface area (Å²) in [6, 6.07) is 2.30. The van der Waals surface area contributed by atoms with Crippen molar-refractivity contribution in [3.8, 4) is 5.75 Å². The van der Waals surface area contributed by atoms with E-state index in [1.807, 2.05) is 0 Å². The van der Waals surface area contributed by atoms with Crippen LogP contribution in [0.1, 0.15) is 39.0 Å². The van der Waals surface area contributed by atoms with Crippen molar-refractivity contribution in [2.75, 3.05) is 11.9 Å². The zero-order valence-electron chi connectivity index (χ0n) is 15.8. The lowest BCUT2D eigenvalue weighted by atomic mass is 9.79. The van der Waals surface area contributed by atoms with E-state index in [0.717, 1.165) is 25.7 Å². The normalized spacial score (nSPS) is 25.5. The molecule has 0 radical (unpaired) electrons. The number of hydrogen-bond donors (Lipinski definition) is 4. The molecule has 2 aliphatic rings. The Kier molecular flexibility index (Phi) is 6.33. The SMILES string of the molecule is CC1CCC([C@H](NC(=O)O)C(=O)Nc2cc(OC3CCNC3=O)ccn2)CC1. The van der Waals surface area contributed by atoms with Gasteiger partial charge in [-0.1, -0.05) is 19.8 Å². The van der Waals surface area contributed by atoms with E-state index in [-0.39, 0.29) is 17.6 Å². The highest BCUT2D eigenvalue weighted by Crippen LogP contribution is 2.31. The summed E-state index contributed by atoms with van der Waals surface area (Å²) in [7, 11) is 0. The summed E-state index contributed by atoms with van der Waals surface area (Å²) in [5.41, 5.74) is 0. The predicted octanol–water partition coefficient (Wildman–Crippen LogP) is 1.75. The molecule has 3 amide bonds. The van der Waals surface area contributed by atoms with E-state index < -0.39 is 24.1 Å². The van der Waals surface area contributed by atoms with Gasteiger partial charge in [0.05, 0.1) is 0 Å². The highest BCUT2D eigenvalue weighted by molar-refractivity contribution is 5.96. The number of carboxylic acid groups (broad SMARTS) is 1. The van der Waals surface area contributed by atoms with Gasteiger partial charge in [0.1, 0.15) is 17.6 Å². The largest absolute Gasteiger partial charge is 0.480 e. The Labute approximate surface area is 163 Å². The van der Waals surface area contributed by atoms with E-state index in [0.29, 0.717) is 24.6 Å². The topological polar surface area (TPSA) is 130 Å². The van der Waals surface area contributed by atoms with Crippen molar-refractivity contribution in [2.45, 2.75) is 51.2 Å². The predicted molar refractivity (Wildman–Crippen MR) is 101 cm³/mol. The van der Waals surface area contributed by atoms with Crippen LogP contribution >= 0.6 is 0 Å². The minimum atomic E-state index is -1.23. The first kappa shape index (κ1) is 19.9. The van der Waals surface area contributed by atoms with Crippen LogP contribution in [0.15, 0.2) is 18.3 Å². The van der Waals surface area contributed by atoms with Crippen LogP contribution in [0.3, 0.4) is 0 Å². The maximum atomic E-state index is 12.8. The van der Waals surface area contributed by atoms with Crippen LogP contribution in [0.5, 0.6) is 5.75 Å². The van der Waals surface area contributed by atoms with Crippen molar-refractivity contribution in [1.82, 2.24) is 15.6 Å². The number of pyridine rings is 1. The van der Waals surface area contributed by atoms with Gasteiger partial charge in [0, 0.05) is 25.2 Å². The van der Waals surface area contributed by atoms with Crippen LogP contribution in [-0.2, 0) is 9.59 Å². The van der Waals surface area contributed by atoms with Gasteiger partial charge in [-0.25, -0.2) is 9.78 Å². The van der Waals surface area contributed by atoms with Crippen LogP contribution in [0.4, 0.5) is 10.6 Å². The van der Waals surface area contributed by atoms with Crippen molar-refractivity contribution in [3.63, 3.8) is 0 Å². The van der Waals surface area contributed by atoms with Gasteiger partial charge in [0.2, 0.25) is 5.91 Å². The van der Waals surface area contributed by atoms with Crippen LogP contribution in [-0.4, -0.2) is 46.7 Å². The molecule has 1 unspecified atom stereocenters. The van der Waals surface area contributed by atoms with Gasteiger partial charge in [0.15, 0.2) is 6.10 Å². The number of nitrogens with one attached hydrogen (secondary N) is 3. The quantitative estimate of drug-likeness (QED) is 0.586. The molecule has 0 bridgehead atoms. The van der Waals surface area contributed by atoms with Gasteiger partial charge in [0.25, 0.3) is 5.91 Å². The average molecular weight is 390 g/mol. The number of nitrogens with zero attached hydrogens (tertiary/aromatic N) is 1. The maximum absolute atomic E-state index is 12.8. The van der Waals surface area contributed by atoms with Crippen LogP contribution in [0, 0.1) is 11.8 Å². The fourth-order valence-electron chi connectivity index (χ4n) is 3.75. The van der Waals surface area contributed by atoms with E-state index in [9.17, 15) is 14.4 Å². The Balaban J connectivity index is 1.66. The summed E-state index contributed by atoms with van der Waals surface area (Å²) in [6.45, 7) is 2.73. The first-order valence-corrected chi connectivity index (χ1v) is 9.63. The third-order valence-corrected chi connectivity index (χ3v) is 5.35.